The molecule has 1 aliphatic rings. The van der Waals surface area contributed by atoms with Crippen molar-refractivity contribution in [3.8, 4) is 17.2 Å². The van der Waals surface area contributed by atoms with Crippen LogP contribution in [-0.4, -0.2) is 61.0 Å². The maximum Gasteiger partial charge on any atom is 0.359 e. The first-order valence-corrected chi connectivity index (χ1v) is 9.26. The SMILES string of the molecule is CCOC(=O)c1nn(C)c2c1CN(C(=O)c1cc(OC)c(OC)c(OC)c1)CC2. The molecule has 0 N–H and O–H groups in total. The third-order valence-corrected chi connectivity index (χ3v) is 4.91. The summed E-state index contributed by atoms with van der Waals surface area (Å²) in [5.74, 6) is 0.548. The molecule has 29 heavy (non-hydrogen) atoms. The minimum atomic E-state index is -0.480. The largest absolute Gasteiger partial charge is 0.493 e. The van der Waals surface area contributed by atoms with E-state index in [2.05, 4.69) is 5.10 Å². The second-order valence-corrected chi connectivity index (χ2v) is 6.51. The summed E-state index contributed by atoms with van der Waals surface area (Å²) >= 11 is 0. The lowest BCUT2D eigenvalue weighted by atomic mass is 10.0. The number of amides is 1. The van der Waals surface area contributed by atoms with Gasteiger partial charge in [0.2, 0.25) is 5.75 Å². The number of methoxy groups -OCH3 is 3. The van der Waals surface area contributed by atoms with E-state index in [0.29, 0.717) is 35.8 Å². The molecule has 1 aliphatic heterocycles. The molecule has 1 aromatic carbocycles. The average Bonchev–Trinajstić information content (AvgIpc) is 3.08. The van der Waals surface area contributed by atoms with E-state index in [0.717, 1.165) is 11.3 Å². The number of ether oxygens (including phenoxy) is 4. The van der Waals surface area contributed by atoms with Gasteiger partial charge in [0.15, 0.2) is 17.2 Å². The van der Waals surface area contributed by atoms with Gasteiger partial charge in [-0.25, -0.2) is 4.79 Å². The van der Waals surface area contributed by atoms with Crippen molar-refractivity contribution >= 4 is 11.9 Å². The number of nitrogens with zero attached hydrogens (tertiary/aromatic N) is 3. The average molecular weight is 403 g/mol. The summed E-state index contributed by atoms with van der Waals surface area (Å²) in [5.41, 5.74) is 2.32. The zero-order valence-electron chi connectivity index (χ0n) is 17.3. The van der Waals surface area contributed by atoms with Gasteiger partial charge in [0.1, 0.15) is 0 Å². The Bertz CT molecular complexity index is 912. The predicted molar refractivity (Wildman–Crippen MR) is 104 cm³/mol. The molecular formula is C20H25N3O6. The van der Waals surface area contributed by atoms with Crippen molar-refractivity contribution in [1.29, 1.82) is 0 Å². The number of hydrogen-bond donors (Lipinski definition) is 0. The first-order chi connectivity index (χ1) is 13.9. The molecule has 0 radical (unpaired) electrons. The first kappa shape index (κ1) is 20.5. The maximum absolute atomic E-state index is 13.2. The summed E-state index contributed by atoms with van der Waals surface area (Å²) in [6, 6.07) is 3.24. The van der Waals surface area contributed by atoms with E-state index in [-0.39, 0.29) is 24.8 Å². The van der Waals surface area contributed by atoms with Crippen molar-refractivity contribution in [2.24, 2.45) is 7.05 Å². The molecule has 0 fully saturated rings. The number of hydrogen-bond acceptors (Lipinski definition) is 7. The Balaban J connectivity index is 1.93. The highest BCUT2D eigenvalue weighted by molar-refractivity contribution is 5.96. The molecule has 0 bridgehead atoms. The van der Waals surface area contributed by atoms with Gasteiger partial charge >= 0.3 is 5.97 Å². The summed E-state index contributed by atoms with van der Waals surface area (Å²) in [5, 5.41) is 4.30. The van der Waals surface area contributed by atoms with E-state index >= 15 is 0 Å². The number of carbonyl (C=O) groups excluding carboxylic acids is 2. The van der Waals surface area contributed by atoms with Crippen LogP contribution >= 0.6 is 0 Å². The number of benzene rings is 1. The van der Waals surface area contributed by atoms with Gasteiger partial charge in [-0.2, -0.15) is 5.10 Å². The lowest BCUT2D eigenvalue weighted by Gasteiger charge is -2.28. The predicted octanol–water partition coefficient (Wildman–Crippen LogP) is 1.82. The summed E-state index contributed by atoms with van der Waals surface area (Å²) in [7, 11) is 6.30. The molecule has 2 aromatic rings. The highest BCUT2D eigenvalue weighted by atomic mass is 16.5. The Morgan fingerprint density at radius 2 is 1.76 bits per heavy atom. The van der Waals surface area contributed by atoms with Crippen LogP contribution in [0.5, 0.6) is 17.2 Å². The monoisotopic (exact) mass is 403 g/mol. The minimum absolute atomic E-state index is 0.200. The third kappa shape index (κ3) is 3.72. The van der Waals surface area contributed by atoms with Crippen LogP contribution in [0.15, 0.2) is 12.1 Å². The van der Waals surface area contributed by atoms with E-state index in [1.54, 1.807) is 35.7 Å². The number of aromatic nitrogens is 2. The molecule has 0 spiro atoms. The van der Waals surface area contributed by atoms with Gasteiger partial charge in [-0.05, 0) is 19.1 Å². The van der Waals surface area contributed by atoms with E-state index in [9.17, 15) is 9.59 Å². The Morgan fingerprint density at radius 3 is 2.31 bits per heavy atom. The van der Waals surface area contributed by atoms with Crippen LogP contribution in [0.2, 0.25) is 0 Å². The topological polar surface area (TPSA) is 92.1 Å². The van der Waals surface area contributed by atoms with Crippen LogP contribution in [-0.2, 0) is 24.8 Å². The fourth-order valence-electron chi connectivity index (χ4n) is 3.52. The lowest BCUT2D eigenvalue weighted by molar-refractivity contribution is 0.0513. The first-order valence-electron chi connectivity index (χ1n) is 9.26. The van der Waals surface area contributed by atoms with Crippen LogP contribution in [0, 0.1) is 0 Å². The van der Waals surface area contributed by atoms with E-state index in [4.69, 9.17) is 18.9 Å². The number of aryl methyl sites for hydroxylation is 1. The zero-order chi connectivity index (χ0) is 21.1. The van der Waals surface area contributed by atoms with Gasteiger partial charge in [-0.1, -0.05) is 0 Å². The summed E-state index contributed by atoms with van der Waals surface area (Å²) in [6.45, 7) is 2.78. The molecule has 0 aliphatic carbocycles. The van der Waals surface area contributed by atoms with Crippen LogP contribution < -0.4 is 14.2 Å². The molecule has 9 nitrogen and oxygen atoms in total. The quantitative estimate of drug-likeness (QED) is 0.680. The molecule has 156 valence electrons. The van der Waals surface area contributed by atoms with Crippen molar-refractivity contribution in [3.05, 3.63) is 34.6 Å². The summed E-state index contributed by atoms with van der Waals surface area (Å²) in [6.07, 6.45) is 0.592. The van der Waals surface area contributed by atoms with Crippen LogP contribution in [0.3, 0.4) is 0 Å². The Kier molecular flexibility index (Phi) is 5.95. The highest BCUT2D eigenvalue weighted by Crippen LogP contribution is 2.38. The Hall–Kier alpha value is -3.23. The van der Waals surface area contributed by atoms with Gasteiger partial charge in [0.05, 0.1) is 34.5 Å². The summed E-state index contributed by atoms with van der Waals surface area (Å²) in [4.78, 5) is 27.1. The molecule has 0 saturated heterocycles. The molecule has 2 heterocycles. The smallest absolute Gasteiger partial charge is 0.359 e. The van der Waals surface area contributed by atoms with Crippen LogP contribution in [0.1, 0.15) is 39.0 Å². The van der Waals surface area contributed by atoms with Crippen molar-refractivity contribution in [2.75, 3.05) is 34.5 Å². The van der Waals surface area contributed by atoms with Gasteiger partial charge in [0, 0.05) is 36.8 Å². The van der Waals surface area contributed by atoms with Crippen molar-refractivity contribution in [1.82, 2.24) is 14.7 Å². The molecule has 9 heteroatoms. The van der Waals surface area contributed by atoms with E-state index in [1.807, 2.05) is 0 Å². The maximum atomic E-state index is 13.2. The third-order valence-electron chi connectivity index (χ3n) is 4.91. The number of carbonyl (C=O) groups is 2. The van der Waals surface area contributed by atoms with Gasteiger partial charge in [-0.15, -0.1) is 0 Å². The van der Waals surface area contributed by atoms with Gasteiger partial charge < -0.3 is 23.8 Å². The van der Waals surface area contributed by atoms with Crippen LogP contribution in [0.4, 0.5) is 0 Å². The molecule has 0 saturated carbocycles. The zero-order valence-corrected chi connectivity index (χ0v) is 17.3. The normalized spacial score (nSPS) is 12.9. The minimum Gasteiger partial charge on any atom is -0.493 e. The van der Waals surface area contributed by atoms with Crippen molar-refractivity contribution in [2.45, 2.75) is 19.9 Å². The molecule has 1 aromatic heterocycles. The standard InChI is InChI=1S/C20H25N3O6/c1-6-29-20(25)17-13-11-23(8-7-14(13)22(2)21-17)19(24)12-9-15(26-3)18(28-5)16(10-12)27-4/h9-10H,6-8,11H2,1-5H3. The Labute approximate surface area is 169 Å². The number of rotatable bonds is 6. The fraction of sp³-hybridized carbons (Fsp3) is 0.450. The fourth-order valence-corrected chi connectivity index (χ4v) is 3.52. The number of esters is 1. The van der Waals surface area contributed by atoms with Crippen LogP contribution in [0.25, 0.3) is 0 Å². The molecular weight excluding hydrogens is 378 g/mol. The molecule has 0 unspecified atom stereocenters. The van der Waals surface area contributed by atoms with E-state index in [1.165, 1.54) is 21.3 Å². The summed E-state index contributed by atoms with van der Waals surface area (Å²) < 4.78 is 22.8. The molecule has 1 amide bonds. The highest BCUT2D eigenvalue weighted by Gasteiger charge is 2.31. The van der Waals surface area contributed by atoms with Crippen molar-refractivity contribution < 1.29 is 28.5 Å². The van der Waals surface area contributed by atoms with Gasteiger partial charge in [-0.3, -0.25) is 9.48 Å². The second kappa shape index (κ2) is 8.42. The molecule has 3 rings (SSSR count). The van der Waals surface area contributed by atoms with Gasteiger partial charge in [0.25, 0.3) is 5.91 Å². The van der Waals surface area contributed by atoms with E-state index < -0.39 is 5.97 Å². The second-order valence-electron chi connectivity index (χ2n) is 6.51. The number of fused-ring (bicyclic) bond motifs is 1. The van der Waals surface area contributed by atoms with Crippen molar-refractivity contribution in [3.63, 3.8) is 0 Å². The lowest BCUT2D eigenvalue weighted by Crippen LogP contribution is -2.36. The Morgan fingerprint density at radius 1 is 1.10 bits per heavy atom. The molecule has 0 atom stereocenters.